The minimum atomic E-state index is -4.60. The monoisotopic (exact) mass is 243 g/mol. The van der Waals surface area contributed by atoms with Gasteiger partial charge in [0.15, 0.2) is 0 Å². The highest BCUT2D eigenvalue weighted by molar-refractivity contribution is 5.68. The van der Waals surface area contributed by atoms with Gasteiger partial charge in [-0.3, -0.25) is 0 Å². The molecule has 96 valence electrons. The molecule has 0 saturated heterocycles. The quantitative estimate of drug-likeness (QED) is 0.795. The van der Waals surface area contributed by atoms with Crippen LogP contribution in [0.5, 0.6) is 0 Å². The van der Waals surface area contributed by atoms with E-state index in [2.05, 4.69) is 4.74 Å². The van der Waals surface area contributed by atoms with Crippen molar-refractivity contribution in [3.63, 3.8) is 0 Å². The van der Waals surface area contributed by atoms with Crippen molar-refractivity contribution in [3.05, 3.63) is 0 Å². The molecule has 2 N–H and O–H groups in total. The first kappa shape index (κ1) is 15.0. The van der Waals surface area contributed by atoms with Crippen molar-refractivity contribution in [2.75, 3.05) is 6.61 Å². The molecular weight excluding hydrogens is 227 g/mol. The number of aliphatic hydroxyl groups excluding tert-OH is 1. The molecular formula is C9H16F3NO3. The predicted octanol–water partition coefficient (Wildman–Crippen LogP) is 1.82. The number of ether oxygens (including phenoxy) is 1. The van der Waals surface area contributed by atoms with Crippen molar-refractivity contribution in [3.8, 4) is 0 Å². The second-order valence-corrected chi connectivity index (χ2v) is 4.25. The van der Waals surface area contributed by atoms with E-state index >= 15 is 0 Å². The van der Waals surface area contributed by atoms with Crippen LogP contribution in [0.2, 0.25) is 0 Å². The Bertz CT molecular complexity index is 235. The van der Waals surface area contributed by atoms with Crippen LogP contribution < -0.4 is 5.32 Å². The Hall–Kier alpha value is -0.980. The molecule has 0 rings (SSSR count). The van der Waals surface area contributed by atoms with E-state index in [1.165, 1.54) is 0 Å². The van der Waals surface area contributed by atoms with E-state index < -0.39 is 36.9 Å². The molecule has 0 spiro atoms. The van der Waals surface area contributed by atoms with Crippen molar-refractivity contribution in [2.24, 2.45) is 0 Å². The normalized spacial score (nSPS) is 14.4. The third kappa shape index (κ3) is 6.49. The highest BCUT2D eigenvalue weighted by Crippen LogP contribution is 2.22. The lowest BCUT2D eigenvalue weighted by atomic mass is 10.2. The van der Waals surface area contributed by atoms with E-state index in [-0.39, 0.29) is 0 Å². The van der Waals surface area contributed by atoms with Crippen LogP contribution in [-0.2, 0) is 4.74 Å². The molecule has 0 aromatic carbocycles. The van der Waals surface area contributed by atoms with Crippen LogP contribution in [-0.4, -0.2) is 35.6 Å². The zero-order valence-electron chi connectivity index (χ0n) is 9.39. The summed E-state index contributed by atoms with van der Waals surface area (Å²) in [4.78, 5) is 11.1. The Morgan fingerprint density at radius 2 is 1.88 bits per heavy atom. The standard InChI is InChI=1S/C9H16F3NO3/c1-8(2,3)16-7(15)13-6(4-5-14)9(10,11)12/h6,14H,4-5H2,1-3H3,(H,13,15)/t6-/m1/s1. The molecule has 16 heavy (non-hydrogen) atoms. The lowest BCUT2D eigenvalue weighted by molar-refractivity contribution is -0.158. The summed E-state index contributed by atoms with van der Waals surface area (Å²) >= 11 is 0. The fraction of sp³-hybridized carbons (Fsp3) is 0.889. The van der Waals surface area contributed by atoms with Gasteiger partial charge in [-0.2, -0.15) is 13.2 Å². The summed E-state index contributed by atoms with van der Waals surface area (Å²) in [6.45, 7) is 3.96. The smallest absolute Gasteiger partial charge is 0.408 e. The summed E-state index contributed by atoms with van der Waals surface area (Å²) in [5.41, 5.74) is -0.862. The summed E-state index contributed by atoms with van der Waals surface area (Å²) in [7, 11) is 0. The summed E-state index contributed by atoms with van der Waals surface area (Å²) in [5.74, 6) is 0. The van der Waals surface area contributed by atoms with Crippen LogP contribution in [0.4, 0.5) is 18.0 Å². The van der Waals surface area contributed by atoms with Gasteiger partial charge in [-0.15, -0.1) is 0 Å². The molecule has 7 heteroatoms. The van der Waals surface area contributed by atoms with Crippen molar-refractivity contribution in [2.45, 2.75) is 45.0 Å². The van der Waals surface area contributed by atoms with E-state index in [9.17, 15) is 18.0 Å². The lowest BCUT2D eigenvalue weighted by Gasteiger charge is -2.24. The predicted molar refractivity (Wildman–Crippen MR) is 50.9 cm³/mol. The number of hydrogen-bond acceptors (Lipinski definition) is 3. The van der Waals surface area contributed by atoms with Gasteiger partial charge in [0.25, 0.3) is 0 Å². The minimum absolute atomic E-state index is 0.595. The van der Waals surface area contributed by atoms with Gasteiger partial charge in [0, 0.05) is 6.61 Å². The highest BCUT2D eigenvalue weighted by Gasteiger charge is 2.40. The van der Waals surface area contributed by atoms with Gasteiger partial charge in [0.1, 0.15) is 11.6 Å². The molecule has 0 radical (unpaired) electrons. The second-order valence-electron chi connectivity index (χ2n) is 4.25. The number of hydrogen-bond donors (Lipinski definition) is 2. The molecule has 0 fully saturated rings. The van der Waals surface area contributed by atoms with E-state index in [1.54, 1.807) is 26.1 Å². The minimum Gasteiger partial charge on any atom is -0.444 e. The number of amides is 1. The van der Waals surface area contributed by atoms with Crippen molar-refractivity contribution in [1.29, 1.82) is 0 Å². The summed E-state index contributed by atoms with van der Waals surface area (Å²) in [5, 5.41) is 10.1. The zero-order chi connectivity index (χ0) is 13.0. The van der Waals surface area contributed by atoms with E-state index in [4.69, 9.17) is 5.11 Å². The molecule has 0 unspecified atom stereocenters. The van der Waals surface area contributed by atoms with Crippen LogP contribution >= 0.6 is 0 Å². The number of alkyl carbamates (subject to hydrolysis) is 1. The fourth-order valence-corrected chi connectivity index (χ4v) is 0.897. The second kappa shape index (κ2) is 5.38. The molecule has 0 aromatic rings. The topological polar surface area (TPSA) is 58.6 Å². The van der Waals surface area contributed by atoms with Gasteiger partial charge in [0.05, 0.1) is 0 Å². The van der Waals surface area contributed by atoms with E-state index in [0.717, 1.165) is 0 Å². The van der Waals surface area contributed by atoms with Crippen LogP contribution in [0.15, 0.2) is 0 Å². The molecule has 0 aromatic heterocycles. The average molecular weight is 243 g/mol. The number of aliphatic hydroxyl groups is 1. The molecule has 4 nitrogen and oxygen atoms in total. The molecule has 0 aliphatic heterocycles. The largest absolute Gasteiger partial charge is 0.444 e. The number of rotatable bonds is 3. The van der Waals surface area contributed by atoms with Gasteiger partial charge < -0.3 is 15.2 Å². The third-order valence-corrected chi connectivity index (χ3v) is 1.50. The molecule has 0 saturated carbocycles. The Kier molecular flexibility index (Phi) is 5.05. The van der Waals surface area contributed by atoms with Crippen LogP contribution in [0.25, 0.3) is 0 Å². The molecule has 0 heterocycles. The first-order valence-electron chi connectivity index (χ1n) is 4.73. The molecule has 1 atom stereocenters. The molecule has 1 amide bonds. The van der Waals surface area contributed by atoms with Crippen molar-refractivity contribution in [1.82, 2.24) is 5.32 Å². The summed E-state index contributed by atoms with van der Waals surface area (Å²) < 4.78 is 41.6. The fourth-order valence-electron chi connectivity index (χ4n) is 0.897. The Balaban J connectivity index is 4.36. The third-order valence-electron chi connectivity index (χ3n) is 1.50. The summed E-state index contributed by atoms with van der Waals surface area (Å²) in [6.07, 6.45) is -6.34. The van der Waals surface area contributed by atoms with E-state index in [1.807, 2.05) is 0 Å². The van der Waals surface area contributed by atoms with Gasteiger partial charge in [-0.25, -0.2) is 4.79 Å². The first-order chi connectivity index (χ1) is 7.06. The number of halogens is 3. The summed E-state index contributed by atoms with van der Waals surface area (Å²) in [6, 6.07) is -2.09. The molecule has 0 aliphatic rings. The Morgan fingerprint density at radius 1 is 1.38 bits per heavy atom. The van der Waals surface area contributed by atoms with Crippen molar-refractivity contribution >= 4 is 6.09 Å². The zero-order valence-corrected chi connectivity index (χ0v) is 9.39. The number of alkyl halides is 3. The number of carbonyl (C=O) groups is 1. The first-order valence-corrected chi connectivity index (χ1v) is 4.73. The number of carbonyl (C=O) groups excluding carboxylic acids is 1. The lowest BCUT2D eigenvalue weighted by Crippen LogP contribution is -2.47. The molecule has 0 bridgehead atoms. The van der Waals surface area contributed by atoms with Crippen LogP contribution in [0.3, 0.4) is 0 Å². The number of nitrogens with one attached hydrogen (secondary N) is 1. The van der Waals surface area contributed by atoms with Gasteiger partial charge in [-0.05, 0) is 27.2 Å². The maximum Gasteiger partial charge on any atom is 0.408 e. The maximum atomic E-state index is 12.3. The van der Waals surface area contributed by atoms with Crippen LogP contribution in [0.1, 0.15) is 27.2 Å². The van der Waals surface area contributed by atoms with Crippen molar-refractivity contribution < 1.29 is 27.8 Å². The van der Waals surface area contributed by atoms with Gasteiger partial charge >= 0.3 is 12.3 Å². The van der Waals surface area contributed by atoms with Crippen LogP contribution in [0, 0.1) is 0 Å². The van der Waals surface area contributed by atoms with Gasteiger partial charge in [0.2, 0.25) is 0 Å². The highest BCUT2D eigenvalue weighted by atomic mass is 19.4. The Morgan fingerprint density at radius 3 is 2.19 bits per heavy atom. The van der Waals surface area contributed by atoms with Gasteiger partial charge in [-0.1, -0.05) is 0 Å². The average Bonchev–Trinajstić information content (AvgIpc) is 1.97. The molecule has 0 aliphatic carbocycles. The Labute approximate surface area is 91.8 Å². The SMILES string of the molecule is CC(C)(C)OC(=O)N[C@H](CCO)C(F)(F)F. The van der Waals surface area contributed by atoms with E-state index in [0.29, 0.717) is 0 Å². The maximum absolute atomic E-state index is 12.3.